The zero-order valence-corrected chi connectivity index (χ0v) is 14.6. The van der Waals surface area contributed by atoms with Gasteiger partial charge in [0.25, 0.3) is 0 Å². The number of aromatic amines is 1. The van der Waals surface area contributed by atoms with Crippen molar-refractivity contribution in [2.75, 3.05) is 5.32 Å². The molecule has 0 saturated heterocycles. The van der Waals surface area contributed by atoms with Gasteiger partial charge < -0.3 is 10.3 Å². The number of benzene rings is 2. The molecule has 5 heteroatoms. The summed E-state index contributed by atoms with van der Waals surface area (Å²) in [6.45, 7) is 1.99. The lowest BCUT2D eigenvalue weighted by Gasteiger charge is -2.09. The quantitative estimate of drug-likeness (QED) is 0.558. The van der Waals surface area contributed by atoms with Crippen LogP contribution in [0.3, 0.4) is 0 Å². The van der Waals surface area contributed by atoms with E-state index in [0.29, 0.717) is 6.42 Å². The second-order valence-corrected chi connectivity index (χ2v) is 6.97. The van der Waals surface area contributed by atoms with Crippen LogP contribution in [-0.2, 0) is 11.2 Å². The van der Waals surface area contributed by atoms with Gasteiger partial charge in [-0.3, -0.25) is 4.79 Å². The Morgan fingerprint density at radius 1 is 1.16 bits per heavy atom. The Morgan fingerprint density at radius 3 is 2.84 bits per heavy atom. The summed E-state index contributed by atoms with van der Waals surface area (Å²) in [6, 6.07) is 17.9. The number of H-pyrrole nitrogens is 1. The number of hydrogen-bond donors (Lipinski definition) is 2. The monoisotopic (exact) mass is 347 g/mol. The molecule has 0 spiro atoms. The van der Waals surface area contributed by atoms with Gasteiger partial charge in [0.05, 0.1) is 17.5 Å². The average molecular weight is 347 g/mol. The van der Waals surface area contributed by atoms with Gasteiger partial charge in [-0.15, -0.1) is 11.3 Å². The highest BCUT2D eigenvalue weighted by Crippen LogP contribution is 2.25. The van der Waals surface area contributed by atoms with Crippen LogP contribution in [0, 0.1) is 6.92 Å². The molecule has 124 valence electrons. The van der Waals surface area contributed by atoms with Crippen molar-refractivity contribution in [2.45, 2.75) is 13.3 Å². The van der Waals surface area contributed by atoms with Crippen LogP contribution < -0.4 is 5.32 Å². The number of carbonyl (C=O) groups is 1. The molecule has 0 unspecified atom stereocenters. The highest BCUT2D eigenvalue weighted by atomic mass is 32.1. The maximum absolute atomic E-state index is 12.3. The van der Waals surface area contributed by atoms with E-state index < -0.39 is 0 Å². The number of fused-ring (bicyclic) bond motifs is 1. The average Bonchev–Trinajstić information content (AvgIpc) is 3.25. The molecular formula is C20H17N3OS. The smallest absolute Gasteiger partial charge is 0.229 e. The molecule has 4 aromatic rings. The zero-order valence-electron chi connectivity index (χ0n) is 13.7. The first-order valence-electron chi connectivity index (χ1n) is 8.07. The van der Waals surface area contributed by atoms with Crippen molar-refractivity contribution in [1.82, 2.24) is 9.97 Å². The summed E-state index contributed by atoms with van der Waals surface area (Å²) in [5, 5.41) is 5.00. The maximum Gasteiger partial charge on any atom is 0.229 e. The number of aryl methyl sites for hydroxylation is 1. The fraction of sp³-hybridized carbons (Fsp3) is 0.100. The van der Waals surface area contributed by atoms with Gasteiger partial charge in [0.2, 0.25) is 5.91 Å². The molecule has 2 heterocycles. The third-order valence-corrected chi connectivity index (χ3v) is 4.97. The molecule has 0 saturated carbocycles. The number of para-hydroxylation sites is 2. The number of thiophene rings is 1. The van der Waals surface area contributed by atoms with Crippen molar-refractivity contribution in [3.05, 3.63) is 70.4 Å². The topological polar surface area (TPSA) is 57.8 Å². The second-order valence-electron chi connectivity index (χ2n) is 5.94. The van der Waals surface area contributed by atoms with Gasteiger partial charge in [0.1, 0.15) is 5.82 Å². The minimum absolute atomic E-state index is 0.00712. The lowest BCUT2D eigenvalue weighted by molar-refractivity contribution is -0.115. The van der Waals surface area contributed by atoms with Gasteiger partial charge in [0.15, 0.2) is 0 Å². The summed E-state index contributed by atoms with van der Waals surface area (Å²) in [7, 11) is 0. The molecule has 2 aromatic heterocycles. The largest absolute Gasteiger partial charge is 0.338 e. The standard InChI is InChI=1S/C20H17N3OS/c1-13-8-9-14(20-22-16-6-2-3-7-17(16)23-20)11-18(13)21-19(24)12-15-5-4-10-25-15/h2-11H,12H2,1H3,(H,21,24)(H,22,23). The van der Waals surface area contributed by atoms with Crippen molar-refractivity contribution in [3.8, 4) is 11.4 Å². The van der Waals surface area contributed by atoms with Crippen molar-refractivity contribution < 1.29 is 4.79 Å². The predicted molar refractivity (Wildman–Crippen MR) is 103 cm³/mol. The van der Waals surface area contributed by atoms with Crippen molar-refractivity contribution in [3.63, 3.8) is 0 Å². The summed E-state index contributed by atoms with van der Waals surface area (Å²) in [5.41, 5.74) is 4.73. The van der Waals surface area contributed by atoms with Gasteiger partial charge >= 0.3 is 0 Å². The number of amides is 1. The van der Waals surface area contributed by atoms with Gasteiger partial charge in [-0.25, -0.2) is 4.98 Å². The van der Waals surface area contributed by atoms with Crippen LogP contribution in [0.2, 0.25) is 0 Å². The van der Waals surface area contributed by atoms with E-state index >= 15 is 0 Å². The summed E-state index contributed by atoms with van der Waals surface area (Å²) in [6.07, 6.45) is 0.395. The second kappa shape index (κ2) is 6.53. The van der Waals surface area contributed by atoms with Gasteiger partial charge in [0, 0.05) is 16.1 Å². The molecule has 1 amide bonds. The molecular weight excluding hydrogens is 330 g/mol. The molecule has 0 aliphatic carbocycles. The van der Waals surface area contributed by atoms with E-state index in [1.807, 2.05) is 66.9 Å². The SMILES string of the molecule is Cc1ccc(-c2nc3ccccc3[nH]2)cc1NC(=O)Cc1cccs1. The lowest BCUT2D eigenvalue weighted by Crippen LogP contribution is -2.14. The zero-order chi connectivity index (χ0) is 17.2. The molecule has 0 bridgehead atoms. The molecule has 0 aliphatic heterocycles. The van der Waals surface area contributed by atoms with Gasteiger partial charge in [-0.2, -0.15) is 0 Å². The first-order chi connectivity index (χ1) is 12.2. The number of hydrogen-bond acceptors (Lipinski definition) is 3. The van der Waals surface area contributed by atoms with Gasteiger partial charge in [-0.05, 0) is 42.1 Å². The van der Waals surface area contributed by atoms with E-state index in [4.69, 9.17) is 0 Å². The number of carbonyl (C=O) groups excluding carboxylic acids is 1. The summed E-state index contributed by atoms with van der Waals surface area (Å²) in [5.74, 6) is 0.794. The van der Waals surface area contributed by atoms with Crippen molar-refractivity contribution in [1.29, 1.82) is 0 Å². The van der Waals surface area contributed by atoms with E-state index in [9.17, 15) is 4.79 Å². The minimum Gasteiger partial charge on any atom is -0.338 e. The van der Waals surface area contributed by atoms with Crippen LogP contribution in [0.15, 0.2) is 60.0 Å². The Hall–Kier alpha value is -2.92. The molecule has 0 fully saturated rings. The number of imidazole rings is 1. The molecule has 0 aliphatic rings. The molecule has 4 nitrogen and oxygen atoms in total. The summed E-state index contributed by atoms with van der Waals surface area (Å²) >= 11 is 1.59. The van der Waals surface area contributed by atoms with Crippen LogP contribution in [0.25, 0.3) is 22.4 Å². The van der Waals surface area contributed by atoms with Crippen LogP contribution >= 0.6 is 11.3 Å². The molecule has 0 radical (unpaired) electrons. The number of aromatic nitrogens is 2. The Morgan fingerprint density at radius 2 is 2.04 bits per heavy atom. The highest BCUT2D eigenvalue weighted by molar-refractivity contribution is 7.10. The molecule has 25 heavy (non-hydrogen) atoms. The van der Waals surface area contributed by atoms with E-state index in [1.165, 1.54) is 0 Å². The van der Waals surface area contributed by atoms with E-state index in [1.54, 1.807) is 11.3 Å². The van der Waals surface area contributed by atoms with Crippen LogP contribution in [0.1, 0.15) is 10.4 Å². The normalized spacial score (nSPS) is 10.9. The Balaban J connectivity index is 1.60. The highest BCUT2D eigenvalue weighted by Gasteiger charge is 2.10. The maximum atomic E-state index is 12.3. The number of nitrogens with zero attached hydrogens (tertiary/aromatic N) is 1. The van der Waals surface area contributed by atoms with Crippen LogP contribution in [0.5, 0.6) is 0 Å². The predicted octanol–water partition coefficient (Wildman–Crippen LogP) is 4.78. The van der Waals surface area contributed by atoms with E-state index in [-0.39, 0.29) is 5.91 Å². The first kappa shape index (κ1) is 15.6. The lowest BCUT2D eigenvalue weighted by atomic mass is 10.1. The molecule has 0 atom stereocenters. The molecule has 2 aromatic carbocycles. The fourth-order valence-corrected chi connectivity index (χ4v) is 3.46. The number of nitrogens with one attached hydrogen (secondary N) is 2. The molecule has 4 rings (SSSR count). The van der Waals surface area contributed by atoms with Gasteiger partial charge in [-0.1, -0.05) is 30.3 Å². The molecule has 2 N–H and O–H groups in total. The summed E-state index contributed by atoms with van der Waals surface area (Å²) in [4.78, 5) is 21.3. The van der Waals surface area contributed by atoms with E-state index in [2.05, 4.69) is 15.3 Å². The van der Waals surface area contributed by atoms with Crippen LogP contribution in [-0.4, -0.2) is 15.9 Å². The van der Waals surface area contributed by atoms with Crippen LogP contribution in [0.4, 0.5) is 5.69 Å². The Bertz CT molecular complexity index is 1000. The summed E-state index contributed by atoms with van der Waals surface area (Å²) < 4.78 is 0. The Labute approximate surface area is 149 Å². The third-order valence-electron chi connectivity index (χ3n) is 4.09. The Kier molecular flexibility index (Phi) is 4.07. The number of anilines is 1. The minimum atomic E-state index is -0.00712. The van der Waals surface area contributed by atoms with E-state index in [0.717, 1.165) is 38.5 Å². The first-order valence-corrected chi connectivity index (χ1v) is 8.95. The third kappa shape index (κ3) is 3.32. The fourth-order valence-electron chi connectivity index (χ4n) is 2.76. The van der Waals surface area contributed by atoms with Crippen molar-refractivity contribution in [2.24, 2.45) is 0 Å². The van der Waals surface area contributed by atoms with Crippen molar-refractivity contribution >= 4 is 34.0 Å². The number of rotatable bonds is 4.